The number of anilines is 1. The molecule has 2 aromatic heterocycles. The summed E-state index contributed by atoms with van der Waals surface area (Å²) in [6.45, 7) is 1.87. The first kappa shape index (κ1) is 16.2. The number of nitro groups is 1. The van der Waals surface area contributed by atoms with Crippen molar-refractivity contribution in [2.75, 3.05) is 18.0 Å². The number of nitro benzene ring substituents is 1. The van der Waals surface area contributed by atoms with Gasteiger partial charge in [-0.05, 0) is 36.4 Å². The smallest absolute Gasteiger partial charge is 0.270 e. The summed E-state index contributed by atoms with van der Waals surface area (Å²) < 4.78 is 0. The molecule has 8 heteroatoms. The van der Waals surface area contributed by atoms with Crippen LogP contribution in [0.4, 0.5) is 11.5 Å². The fourth-order valence-corrected chi connectivity index (χ4v) is 4.39. The van der Waals surface area contributed by atoms with Crippen molar-refractivity contribution in [3.8, 4) is 11.1 Å². The summed E-state index contributed by atoms with van der Waals surface area (Å²) in [5.74, 6) is 0.831. The molecule has 0 aliphatic carbocycles. The molecule has 1 saturated heterocycles. The summed E-state index contributed by atoms with van der Waals surface area (Å²) in [5, 5.41) is 14.2. The van der Waals surface area contributed by atoms with E-state index in [0.717, 1.165) is 53.1 Å². The number of thiophene rings is 1. The molecular formula is C17H15ClN4O2S. The third-order valence-electron chi connectivity index (χ3n) is 4.41. The van der Waals surface area contributed by atoms with Crippen LogP contribution in [0.2, 0.25) is 5.28 Å². The normalized spacial score (nSPS) is 14.8. The van der Waals surface area contributed by atoms with E-state index in [9.17, 15) is 10.1 Å². The van der Waals surface area contributed by atoms with Crippen LogP contribution in [0.25, 0.3) is 21.3 Å². The zero-order chi connectivity index (χ0) is 17.4. The Kier molecular flexibility index (Phi) is 4.27. The van der Waals surface area contributed by atoms with Crippen molar-refractivity contribution in [3.05, 3.63) is 45.0 Å². The maximum absolute atomic E-state index is 11.1. The molecule has 4 rings (SSSR count). The summed E-state index contributed by atoms with van der Waals surface area (Å²) in [6.07, 6.45) is 3.47. The maximum atomic E-state index is 11.1. The van der Waals surface area contributed by atoms with Crippen molar-refractivity contribution in [1.82, 2.24) is 9.97 Å². The number of benzene rings is 1. The second-order valence-electron chi connectivity index (χ2n) is 6.00. The van der Waals surface area contributed by atoms with Gasteiger partial charge in [0.2, 0.25) is 5.28 Å². The monoisotopic (exact) mass is 374 g/mol. The molecule has 0 bridgehead atoms. The van der Waals surface area contributed by atoms with Crippen LogP contribution >= 0.6 is 22.9 Å². The highest BCUT2D eigenvalue weighted by atomic mass is 35.5. The molecule has 3 aromatic rings. The lowest BCUT2D eigenvalue weighted by atomic mass is 10.0. The van der Waals surface area contributed by atoms with Crippen molar-refractivity contribution in [2.24, 2.45) is 0 Å². The lowest BCUT2D eigenvalue weighted by molar-refractivity contribution is -0.384. The van der Waals surface area contributed by atoms with Gasteiger partial charge in [0.15, 0.2) is 0 Å². The van der Waals surface area contributed by atoms with Crippen LogP contribution in [0.3, 0.4) is 0 Å². The van der Waals surface area contributed by atoms with Crippen LogP contribution in [0.1, 0.15) is 19.3 Å². The van der Waals surface area contributed by atoms with E-state index in [1.165, 1.54) is 23.8 Å². The van der Waals surface area contributed by atoms with Gasteiger partial charge >= 0.3 is 0 Å². The van der Waals surface area contributed by atoms with Gasteiger partial charge in [-0.15, -0.1) is 11.3 Å². The SMILES string of the molecule is O=[N+]([O-])c1cccc(-c2csc3nc(Cl)nc(N4CCCCC4)c23)c1. The van der Waals surface area contributed by atoms with Gasteiger partial charge in [0, 0.05) is 36.2 Å². The maximum Gasteiger partial charge on any atom is 0.270 e. The summed E-state index contributed by atoms with van der Waals surface area (Å²) in [4.78, 5) is 22.6. The van der Waals surface area contributed by atoms with Crippen LogP contribution < -0.4 is 4.90 Å². The van der Waals surface area contributed by atoms with Crippen LogP contribution in [-0.2, 0) is 0 Å². The average Bonchev–Trinajstić information content (AvgIpc) is 3.05. The highest BCUT2D eigenvalue weighted by Gasteiger charge is 2.21. The molecule has 6 nitrogen and oxygen atoms in total. The number of piperidine rings is 1. The fourth-order valence-electron chi connectivity index (χ4n) is 3.23. The summed E-state index contributed by atoms with van der Waals surface area (Å²) in [6, 6.07) is 6.67. The van der Waals surface area contributed by atoms with Crippen LogP contribution in [0.5, 0.6) is 0 Å². The molecule has 0 atom stereocenters. The molecule has 128 valence electrons. The number of fused-ring (bicyclic) bond motifs is 1. The quantitative estimate of drug-likeness (QED) is 0.370. The Morgan fingerprint density at radius 1 is 1.20 bits per heavy atom. The van der Waals surface area contributed by atoms with E-state index in [1.54, 1.807) is 12.1 Å². The molecule has 0 saturated carbocycles. The average molecular weight is 375 g/mol. The molecule has 1 aliphatic rings. The highest BCUT2D eigenvalue weighted by molar-refractivity contribution is 7.17. The lowest BCUT2D eigenvalue weighted by Crippen LogP contribution is -2.30. The van der Waals surface area contributed by atoms with Gasteiger partial charge in [-0.25, -0.2) is 4.98 Å². The first-order chi connectivity index (χ1) is 12.1. The fraction of sp³-hybridized carbons (Fsp3) is 0.294. The molecule has 0 radical (unpaired) electrons. The molecule has 0 N–H and O–H groups in total. The van der Waals surface area contributed by atoms with E-state index in [0.29, 0.717) is 0 Å². The molecule has 1 fully saturated rings. The summed E-state index contributed by atoms with van der Waals surface area (Å²) in [7, 11) is 0. The largest absolute Gasteiger partial charge is 0.356 e. The van der Waals surface area contributed by atoms with E-state index in [1.807, 2.05) is 11.4 Å². The Labute approximate surface area is 153 Å². The minimum atomic E-state index is -0.378. The van der Waals surface area contributed by atoms with E-state index >= 15 is 0 Å². The predicted molar refractivity (Wildman–Crippen MR) is 101 cm³/mol. The summed E-state index contributed by atoms with van der Waals surface area (Å²) >= 11 is 7.62. The number of hydrogen-bond donors (Lipinski definition) is 0. The minimum absolute atomic E-state index is 0.0752. The van der Waals surface area contributed by atoms with Gasteiger partial charge in [-0.1, -0.05) is 12.1 Å². The standard InChI is InChI=1S/C17H15ClN4O2S/c18-17-19-15(21-7-2-1-3-8-21)14-13(10-25-16(14)20-17)11-5-4-6-12(9-11)22(23)24/h4-6,9-10H,1-3,7-8H2. The van der Waals surface area contributed by atoms with Gasteiger partial charge in [0.05, 0.1) is 10.3 Å². The number of aromatic nitrogens is 2. The lowest BCUT2D eigenvalue weighted by Gasteiger charge is -2.28. The van der Waals surface area contributed by atoms with Crippen LogP contribution in [0.15, 0.2) is 29.6 Å². The Morgan fingerprint density at radius 2 is 2.00 bits per heavy atom. The third kappa shape index (κ3) is 3.05. The van der Waals surface area contributed by atoms with Gasteiger partial charge in [0.1, 0.15) is 10.6 Å². The Bertz CT molecular complexity index is 953. The second-order valence-corrected chi connectivity index (χ2v) is 7.20. The number of non-ortho nitro benzene ring substituents is 1. The molecule has 1 aliphatic heterocycles. The number of rotatable bonds is 3. The topological polar surface area (TPSA) is 72.2 Å². The van der Waals surface area contributed by atoms with E-state index < -0.39 is 0 Å². The first-order valence-corrected chi connectivity index (χ1v) is 9.34. The van der Waals surface area contributed by atoms with Crippen LogP contribution in [0, 0.1) is 10.1 Å². The van der Waals surface area contributed by atoms with E-state index in [4.69, 9.17) is 11.6 Å². The zero-order valence-electron chi connectivity index (χ0n) is 13.3. The zero-order valence-corrected chi connectivity index (χ0v) is 14.9. The third-order valence-corrected chi connectivity index (χ3v) is 5.45. The number of hydrogen-bond acceptors (Lipinski definition) is 6. The summed E-state index contributed by atoms with van der Waals surface area (Å²) in [5.41, 5.74) is 1.79. The van der Waals surface area contributed by atoms with Crippen molar-refractivity contribution < 1.29 is 4.92 Å². The number of halogens is 1. The molecular weight excluding hydrogens is 360 g/mol. The van der Waals surface area contributed by atoms with Crippen molar-refractivity contribution in [1.29, 1.82) is 0 Å². The molecule has 0 amide bonds. The molecule has 1 aromatic carbocycles. The van der Waals surface area contributed by atoms with Crippen molar-refractivity contribution >= 4 is 44.7 Å². The van der Waals surface area contributed by atoms with Gasteiger partial charge in [-0.3, -0.25) is 10.1 Å². The molecule has 25 heavy (non-hydrogen) atoms. The molecule has 3 heterocycles. The van der Waals surface area contributed by atoms with Crippen molar-refractivity contribution in [2.45, 2.75) is 19.3 Å². The predicted octanol–water partition coefficient (Wildman–Crippen LogP) is 4.91. The Balaban J connectivity index is 1.90. The van der Waals surface area contributed by atoms with Gasteiger partial charge in [0.25, 0.3) is 5.69 Å². The Morgan fingerprint density at radius 3 is 2.76 bits per heavy atom. The first-order valence-electron chi connectivity index (χ1n) is 8.08. The highest BCUT2D eigenvalue weighted by Crippen LogP contribution is 2.40. The van der Waals surface area contributed by atoms with Gasteiger partial charge < -0.3 is 4.90 Å². The van der Waals surface area contributed by atoms with Gasteiger partial charge in [-0.2, -0.15) is 4.98 Å². The number of nitrogens with zero attached hydrogens (tertiary/aromatic N) is 4. The van der Waals surface area contributed by atoms with E-state index in [2.05, 4.69) is 14.9 Å². The van der Waals surface area contributed by atoms with Crippen molar-refractivity contribution in [3.63, 3.8) is 0 Å². The van der Waals surface area contributed by atoms with E-state index in [-0.39, 0.29) is 15.9 Å². The second kappa shape index (κ2) is 6.57. The minimum Gasteiger partial charge on any atom is -0.356 e. The molecule has 0 unspecified atom stereocenters. The van der Waals surface area contributed by atoms with Crippen LogP contribution in [-0.4, -0.2) is 28.0 Å². The molecule has 0 spiro atoms. The Hall–Kier alpha value is -2.25.